The lowest BCUT2D eigenvalue weighted by atomic mass is 9.83. The summed E-state index contributed by atoms with van der Waals surface area (Å²) in [5, 5.41) is 17.4. The van der Waals surface area contributed by atoms with Gasteiger partial charge in [0.1, 0.15) is 11.6 Å². The number of hydrogen-bond acceptors (Lipinski definition) is 9. The topological polar surface area (TPSA) is 89.0 Å². The molecule has 0 amide bonds. The lowest BCUT2D eigenvalue weighted by Gasteiger charge is -2.42. The Bertz CT molecular complexity index is 1080. The standard InChI is InChI=1S/C30H47N7O2/c1-5-25-29(32-22-8-12-30(2,38)13-9-22)34-28(21-31-25)33-26-7-6-24(20-27(26)39-4)36-14-10-23(11-15-36)37-18-16-35(3)17-19-37/h6-7,20-23,38H,5,8-19H2,1-4H3,(H2,32,33,34). The summed E-state index contributed by atoms with van der Waals surface area (Å²) in [5.41, 5.74) is 2.49. The molecule has 3 heterocycles. The van der Waals surface area contributed by atoms with E-state index in [-0.39, 0.29) is 0 Å². The molecule has 39 heavy (non-hydrogen) atoms. The average molecular weight is 538 g/mol. The molecule has 214 valence electrons. The van der Waals surface area contributed by atoms with Gasteiger partial charge in [0.15, 0.2) is 5.82 Å². The highest BCUT2D eigenvalue weighted by atomic mass is 16.5. The second-order valence-electron chi connectivity index (χ2n) is 11.9. The largest absolute Gasteiger partial charge is 0.494 e. The Morgan fingerprint density at radius 1 is 1.05 bits per heavy atom. The van der Waals surface area contributed by atoms with Crippen molar-refractivity contribution in [2.24, 2.45) is 0 Å². The van der Waals surface area contributed by atoms with Crippen molar-refractivity contribution in [2.75, 3.05) is 69.0 Å². The highest BCUT2D eigenvalue weighted by molar-refractivity contribution is 5.69. The lowest BCUT2D eigenvalue weighted by molar-refractivity contribution is 0.0196. The van der Waals surface area contributed by atoms with Gasteiger partial charge >= 0.3 is 0 Å². The maximum Gasteiger partial charge on any atom is 0.151 e. The van der Waals surface area contributed by atoms with E-state index in [4.69, 9.17) is 14.7 Å². The van der Waals surface area contributed by atoms with Crippen molar-refractivity contribution in [2.45, 2.75) is 76.5 Å². The van der Waals surface area contributed by atoms with Crippen LogP contribution in [0.1, 0.15) is 58.1 Å². The van der Waals surface area contributed by atoms with Gasteiger partial charge in [-0.05, 0) is 71.0 Å². The number of aryl methyl sites for hydroxylation is 1. The molecule has 3 aliphatic rings. The molecule has 2 aromatic rings. The van der Waals surface area contributed by atoms with Gasteiger partial charge in [0.25, 0.3) is 0 Å². The number of aromatic nitrogens is 2. The van der Waals surface area contributed by atoms with Crippen LogP contribution < -0.4 is 20.3 Å². The van der Waals surface area contributed by atoms with E-state index in [1.807, 2.05) is 6.92 Å². The fourth-order valence-electron chi connectivity index (χ4n) is 6.22. The number of benzene rings is 1. The molecule has 1 saturated carbocycles. The van der Waals surface area contributed by atoms with Gasteiger partial charge in [-0.25, -0.2) is 4.98 Å². The zero-order valence-corrected chi connectivity index (χ0v) is 24.2. The molecule has 1 aromatic heterocycles. The van der Waals surface area contributed by atoms with Crippen LogP contribution in [0.3, 0.4) is 0 Å². The molecule has 0 unspecified atom stereocenters. The number of piperidine rings is 1. The fourth-order valence-corrected chi connectivity index (χ4v) is 6.22. The van der Waals surface area contributed by atoms with Gasteiger partial charge in [-0.2, -0.15) is 0 Å². The SMILES string of the molecule is CCc1ncc(Nc2ccc(N3CCC(N4CCN(C)CC4)CC3)cc2OC)nc1NC1CCC(C)(O)CC1. The van der Waals surface area contributed by atoms with E-state index in [1.165, 1.54) is 44.7 Å². The number of rotatable bonds is 8. The summed E-state index contributed by atoms with van der Waals surface area (Å²) in [6, 6.07) is 7.41. The first-order valence-electron chi connectivity index (χ1n) is 14.8. The van der Waals surface area contributed by atoms with E-state index < -0.39 is 5.60 Å². The summed E-state index contributed by atoms with van der Waals surface area (Å²) in [7, 11) is 3.94. The first-order chi connectivity index (χ1) is 18.8. The first-order valence-corrected chi connectivity index (χ1v) is 14.8. The van der Waals surface area contributed by atoms with Crippen LogP contribution in [0.25, 0.3) is 0 Å². The van der Waals surface area contributed by atoms with Crippen molar-refractivity contribution in [3.05, 3.63) is 30.1 Å². The Kier molecular flexibility index (Phi) is 8.79. The molecule has 0 radical (unpaired) electrons. The summed E-state index contributed by atoms with van der Waals surface area (Å²) in [6.45, 7) is 10.9. The van der Waals surface area contributed by atoms with E-state index in [0.29, 0.717) is 17.9 Å². The third-order valence-electron chi connectivity index (χ3n) is 8.92. The predicted molar refractivity (Wildman–Crippen MR) is 158 cm³/mol. The Balaban J connectivity index is 1.22. The van der Waals surface area contributed by atoms with Crippen molar-refractivity contribution >= 4 is 23.0 Å². The van der Waals surface area contributed by atoms with Crippen LogP contribution in [0.5, 0.6) is 5.75 Å². The number of methoxy groups -OCH3 is 1. The van der Waals surface area contributed by atoms with Crippen LogP contribution in [0, 0.1) is 0 Å². The van der Waals surface area contributed by atoms with Gasteiger partial charge in [0.2, 0.25) is 0 Å². The van der Waals surface area contributed by atoms with Gasteiger partial charge < -0.3 is 30.3 Å². The number of likely N-dealkylation sites (N-methyl/N-ethyl adjacent to an activating group) is 1. The fraction of sp³-hybridized carbons (Fsp3) is 0.667. The minimum Gasteiger partial charge on any atom is -0.494 e. The number of nitrogens with one attached hydrogen (secondary N) is 2. The summed E-state index contributed by atoms with van der Waals surface area (Å²) < 4.78 is 5.80. The molecule has 3 N–H and O–H groups in total. The zero-order valence-electron chi connectivity index (χ0n) is 24.2. The molecule has 9 heteroatoms. The Morgan fingerprint density at radius 2 is 1.77 bits per heavy atom. The number of hydrogen-bond donors (Lipinski definition) is 3. The van der Waals surface area contributed by atoms with E-state index in [0.717, 1.165) is 68.1 Å². The van der Waals surface area contributed by atoms with Crippen LogP contribution in [-0.2, 0) is 6.42 Å². The zero-order chi connectivity index (χ0) is 27.4. The Morgan fingerprint density at radius 3 is 2.44 bits per heavy atom. The van der Waals surface area contributed by atoms with E-state index in [9.17, 15) is 5.11 Å². The van der Waals surface area contributed by atoms with E-state index in [2.05, 4.69) is 57.5 Å². The van der Waals surface area contributed by atoms with Crippen molar-refractivity contribution < 1.29 is 9.84 Å². The highest BCUT2D eigenvalue weighted by Gasteiger charge is 2.29. The van der Waals surface area contributed by atoms with Gasteiger partial charge in [0.05, 0.1) is 30.3 Å². The molecule has 5 rings (SSSR count). The summed E-state index contributed by atoms with van der Waals surface area (Å²) in [6.07, 6.45) is 8.48. The molecule has 0 atom stereocenters. The Hall–Kier alpha value is -2.62. The number of piperazine rings is 1. The number of anilines is 4. The molecule has 0 bridgehead atoms. The van der Waals surface area contributed by atoms with Crippen LogP contribution in [0.2, 0.25) is 0 Å². The second kappa shape index (κ2) is 12.3. The first kappa shape index (κ1) is 27.9. The quantitative estimate of drug-likeness (QED) is 0.460. The second-order valence-corrected chi connectivity index (χ2v) is 11.9. The molecular weight excluding hydrogens is 490 g/mol. The van der Waals surface area contributed by atoms with Crippen molar-refractivity contribution in [3.63, 3.8) is 0 Å². The molecule has 2 saturated heterocycles. The van der Waals surface area contributed by atoms with E-state index >= 15 is 0 Å². The molecule has 1 aliphatic carbocycles. The normalized spacial score (nSPS) is 25.5. The third-order valence-corrected chi connectivity index (χ3v) is 8.92. The minimum absolute atomic E-state index is 0.300. The van der Waals surface area contributed by atoms with Gasteiger partial charge in [-0.15, -0.1) is 0 Å². The molecule has 9 nitrogen and oxygen atoms in total. The van der Waals surface area contributed by atoms with Crippen LogP contribution in [0.15, 0.2) is 24.4 Å². The number of aliphatic hydroxyl groups is 1. The number of ether oxygens (including phenoxy) is 1. The summed E-state index contributed by atoms with van der Waals surface area (Å²) >= 11 is 0. The lowest BCUT2D eigenvalue weighted by Crippen LogP contribution is -2.52. The maximum absolute atomic E-state index is 10.3. The molecule has 0 spiro atoms. The molecular formula is C30H47N7O2. The van der Waals surface area contributed by atoms with Crippen molar-refractivity contribution in [3.8, 4) is 5.75 Å². The van der Waals surface area contributed by atoms with E-state index in [1.54, 1.807) is 13.3 Å². The number of nitrogens with zero attached hydrogens (tertiary/aromatic N) is 5. The highest BCUT2D eigenvalue weighted by Crippen LogP contribution is 2.34. The van der Waals surface area contributed by atoms with Gasteiger partial charge in [-0.1, -0.05) is 6.92 Å². The summed E-state index contributed by atoms with van der Waals surface area (Å²) in [5.74, 6) is 2.32. The van der Waals surface area contributed by atoms with Crippen molar-refractivity contribution in [1.29, 1.82) is 0 Å². The smallest absolute Gasteiger partial charge is 0.151 e. The molecule has 1 aromatic carbocycles. The molecule has 2 aliphatic heterocycles. The maximum atomic E-state index is 10.3. The third kappa shape index (κ3) is 6.94. The van der Waals surface area contributed by atoms with Gasteiger partial charge in [0, 0.05) is 63.1 Å². The molecule has 3 fully saturated rings. The predicted octanol–water partition coefficient (Wildman–Crippen LogP) is 4.11. The monoisotopic (exact) mass is 537 g/mol. The minimum atomic E-state index is -0.552. The van der Waals surface area contributed by atoms with Gasteiger partial charge in [-0.3, -0.25) is 9.88 Å². The average Bonchev–Trinajstić information content (AvgIpc) is 2.95. The van der Waals surface area contributed by atoms with Crippen molar-refractivity contribution in [1.82, 2.24) is 19.8 Å². The van der Waals surface area contributed by atoms with Crippen LogP contribution in [-0.4, -0.2) is 96.0 Å². The van der Waals surface area contributed by atoms with Crippen LogP contribution in [0.4, 0.5) is 23.0 Å². The summed E-state index contributed by atoms with van der Waals surface area (Å²) in [4.78, 5) is 17.2. The van der Waals surface area contributed by atoms with Crippen LogP contribution >= 0.6 is 0 Å². The Labute approximate surface area is 233 Å².